The molecular formula is C9H17NO5S. The SMILES string of the molecule is COC(=O)C1CC(S(N)(=O)=O)CCC1OC. The monoisotopic (exact) mass is 251 g/mol. The summed E-state index contributed by atoms with van der Waals surface area (Å²) in [6.45, 7) is 0. The third-order valence-corrected chi connectivity index (χ3v) is 4.37. The minimum atomic E-state index is -3.60. The zero-order chi connectivity index (χ0) is 12.3. The molecule has 1 saturated carbocycles. The molecule has 0 spiro atoms. The Morgan fingerprint density at radius 2 is 1.94 bits per heavy atom. The number of hydrogen-bond donors (Lipinski definition) is 1. The van der Waals surface area contributed by atoms with Gasteiger partial charge in [-0.15, -0.1) is 0 Å². The second-order valence-electron chi connectivity index (χ2n) is 3.93. The molecule has 16 heavy (non-hydrogen) atoms. The van der Waals surface area contributed by atoms with Gasteiger partial charge in [-0.25, -0.2) is 13.6 Å². The van der Waals surface area contributed by atoms with Gasteiger partial charge < -0.3 is 9.47 Å². The molecule has 1 aliphatic carbocycles. The standard InChI is InChI=1S/C9H17NO5S/c1-14-8-4-3-6(16(10,12)13)5-7(8)9(11)15-2/h6-8H,3-5H2,1-2H3,(H2,10,12,13). The van der Waals surface area contributed by atoms with Crippen LogP contribution in [0.4, 0.5) is 0 Å². The van der Waals surface area contributed by atoms with Gasteiger partial charge >= 0.3 is 5.97 Å². The fourth-order valence-electron chi connectivity index (χ4n) is 2.08. The van der Waals surface area contributed by atoms with Crippen molar-refractivity contribution in [2.45, 2.75) is 30.6 Å². The van der Waals surface area contributed by atoms with E-state index in [0.29, 0.717) is 12.8 Å². The minimum absolute atomic E-state index is 0.171. The number of esters is 1. The second-order valence-corrected chi connectivity index (χ2v) is 5.77. The predicted molar refractivity (Wildman–Crippen MR) is 57.0 cm³/mol. The van der Waals surface area contributed by atoms with E-state index in [2.05, 4.69) is 4.74 Å². The zero-order valence-corrected chi connectivity index (χ0v) is 10.2. The maximum absolute atomic E-state index is 11.5. The van der Waals surface area contributed by atoms with Crippen LogP contribution in [0.1, 0.15) is 19.3 Å². The van der Waals surface area contributed by atoms with Gasteiger partial charge in [0.25, 0.3) is 0 Å². The van der Waals surface area contributed by atoms with Gasteiger partial charge in [-0.2, -0.15) is 0 Å². The zero-order valence-electron chi connectivity index (χ0n) is 9.38. The van der Waals surface area contributed by atoms with Crippen LogP contribution in [-0.2, 0) is 24.3 Å². The Hall–Kier alpha value is -0.660. The summed E-state index contributed by atoms with van der Waals surface area (Å²) < 4.78 is 32.2. The highest BCUT2D eigenvalue weighted by Gasteiger charge is 2.39. The van der Waals surface area contributed by atoms with Crippen molar-refractivity contribution in [3.05, 3.63) is 0 Å². The number of ether oxygens (including phenoxy) is 2. The quantitative estimate of drug-likeness (QED) is 0.690. The lowest BCUT2D eigenvalue weighted by molar-refractivity contribution is -0.152. The Morgan fingerprint density at radius 1 is 1.31 bits per heavy atom. The molecule has 0 bridgehead atoms. The maximum Gasteiger partial charge on any atom is 0.311 e. The molecule has 7 heteroatoms. The van der Waals surface area contributed by atoms with Crippen LogP contribution in [0.5, 0.6) is 0 Å². The summed E-state index contributed by atoms with van der Waals surface area (Å²) in [5, 5.41) is 4.40. The van der Waals surface area contributed by atoms with Gasteiger partial charge in [0.05, 0.1) is 24.4 Å². The third kappa shape index (κ3) is 2.93. The summed E-state index contributed by atoms with van der Waals surface area (Å²) in [5.41, 5.74) is 0. The van der Waals surface area contributed by atoms with Crippen LogP contribution in [0.15, 0.2) is 0 Å². The van der Waals surface area contributed by atoms with Crippen molar-refractivity contribution in [2.24, 2.45) is 11.1 Å². The lowest BCUT2D eigenvalue weighted by Gasteiger charge is -2.32. The summed E-state index contributed by atoms with van der Waals surface area (Å²) in [4.78, 5) is 11.5. The van der Waals surface area contributed by atoms with Crippen LogP contribution in [0.25, 0.3) is 0 Å². The molecule has 3 atom stereocenters. The van der Waals surface area contributed by atoms with Crippen LogP contribution in [0.3, 0.4) is 0 Å². The Bertz CT molecular complexity index is 353. The number of rotatable bonds is 3. The van der Waals surface area contributed by atoms with E-state index >= 15 is 0 Å². The predicted octanol–water partition coefficient (Wildman–Crippen LogP) is -0.368. The Kier molecular flexibility index (Phi) is 4.28. The summed E-state index contributed by atoms with van der Waals surface area (Å²) in [7, 11) is -0.824. The van der Waals surface area contributed by atoms with Crippen LogP contribution >= 0.6 is 0 Å². The number of nitrogens with two attached hydrogens (primary N) is 1. The van der Waals surface area contributed by atoms with Crippen molar-refractivity contribution in [1.29, 1.82) is 0 Å². The first kappa shape index (κ1) is 13.4. The van der Waals surface area contributed by atoms with Crippen molar-refractivity contribution < 1.29 is 22.7 Å². The molecule has 0 amide bonds. The molecule has 94 valence electrons. The molecule has 0 aliphatic heterocycles. The van der Waals surface area contributed by atoms with Crippen molar-refractivity contribution in [3.63, 3.8) is 0 Å². The molecule has 6 nitrogen and oxygen atoms in total. The molecule has 0 heterocycles. The van der Waals surface area contributed by atoms with Gasteiger partial charge in [-0.3, -0.25) is 4.79 Å². The van der Waals surface area contributed by atoms with Crippen molar-refractivity contribution >= 4 is 16.0 Å². The van der Waals surface area contributed by atoms with Crippen molar-refractivity contribution in [2.75, 3.05) is 14.2 Å². The largest absolute Gasteiger partial charge is 0.469 e. The Labute approximate surface area is 95.1 Å². The lowest BCUT2D eigenvalue weighted by Crippen LogP contribution is -2.43. The average Bonchev–Trinajstić information content (AvgIpc) is 2.25. The first-order valence-electron chi connectivity index (χ1n) is 5.02. The molecule has 0 aromatic rings. The number of carbonyl (C=O) groups excluding carboxylic acids is 1. The van der Waals surface area contributed by atoms with Crippen molar-refractivity contribution in [1.82, 2.24) is 0 Å². The summed E-state index contributed by atoms with van der Waals surface area (Å²) in [6.07, 6.45) is 0.803. The molecule has 0 radical (unpaired) electrons. The van der Waals surface area contributed by atoms with E-state index in [4.69, 9.17) is 9.88 Å². The fourth-order valence-corrected chi connectivity index (χ4v) is 3.02. The molecule has 1 aliphatic rings. The smallest absolute Gasteiger partial charge is 0.311 e. The minimum Gasteiger partial charge on any atom is -0.469 e. The van der Waals surface area contributed by atoms with Gasteiger partial charge in [-0.05, 0) is 19.3 Å². The number of hydrogen-bond acceptors (Lipinski definition) is 5. The summed E-state index contributed by atoms with van der Waals surface area (Å²) in [6, 6.07) is 0. The topological polar surface area (TPSA) is 95.7 Å². The van der Waals surface area contributed by atoms with Gasteiger partial charge in [0.2, 0.25) is 10.0 Å². The Balaban J connectivity index is 2.81. The number of carbonyl (C=O) groups is 1. The number of sulfonamides is 1. The molecule has 0 aromatic carbocycles. The van der Waals surface area contributed by atoms with E-state index in [-0.39, 0.29) is 12.5 Å². The first-order valence-corrected chi connectivity index (χ1v) is 6.63. The van der Waals surface area contributed by atoms with Gasteiger partial charge in [0.15, 0.2) is 0 Å². The highest BCUT2D eigenvalue weighted by Crippen LogP contribution is 2.30. The first-order chi connectivity index (χ1) is 7.40. The maximum atomic E-state index is 11.5. The van der Waals surface area contributed by atoms with Crippen LogP contribution in [-0.4, -0.2) is 40.0 Å². The molecule has 1 fully saturated rings. The number of primary sulfonamides is 1. The van der Waals surface area contributed by atoms with Gasteiger partial charge in [0, 0.05) is 7.11 Å². The highest BCUT2D eigenvalue weighted by molar-refractivity contribution is 7.89. The van der Waals surface area contributed by atoms with Crippen LogP contribution in [0.2, 0.25) is 0 Å². The van der Waals surface area contributed by atoms with E-state index in [1.807, 2.05) is 0 Å². The van der Waals surface area contributed by atoms with E-state index < -0.39 is 27.2 Å². The molecule has 0 aromatic heterocycles. The normalized spacial score (nSPS) is 31.1. The van der Waals surface area contributed by atoms with Crippen LogP contribution in [0, 0.1) is 5.92 Å². The molecule has 0 saturated heterocycles. The summed E-state index contributed by atoms with van der Waals surface area (Å²) >= 11 is 0. The van der Waals surface area contributed by atoms with E-state index in [1.165, 1.54) is 14.2 Å². The number of methoxy groups -OCH3 is 2. The van der Waals surface area contributed by atoms with Crippen LogP contribution < -0.4 is 5.14 Å². The molecule has 2 N–H and O–H groups in total. The van der Waals surface area contributed by atoms with E-state index in [9.17, 15) is 13.2 Å². The molecule has 3 unspecified atom stereocenters. The molecule has 1 rings (SSSR count). The third-order valence-electron chi connectivity index (χ3n) is 3.01. The second kappa shape index (κ2) is 5.11. The average molecular weight is 251 g/mol. The van der Waals surface area contributed by atoms with Crippen molar-refractivity contribution in [3.8, 4) is 0 Å². The van der Waals surface area contributed by atoms with Gasteiger partial charge in [-0.1, -0.05) is 0 Å². The fraction of sp³-hybridized carbons (Fsp3) is 0.889. The van der Waals surface area contributed by atoms with E-state index in [0.717, 1.165) is 0 Å². The Morgan fingerprint density at radius 3 is 2.38 bits per heavy atom. The molecular weight excluding hydrogens is 234 g/mol. The van der Waals surface area contributed by atoms with Gasteiger partial charge in [0.1, 0.15) is 0 Å². The summed E-state index contributed by atoms with van der Waals surface area (Å²) in [5.74, 6) is -0.993. The highest BCUT2D eigenvalue weighted by atomic mass is 32.2. The lowest BCUT2D eigenvalue weighted by atomic mass is 9.86. The van der Waals surface area contributed by atoms with E-state index in [1.54, 1.807) is 0 Å².